The molecule has 1 saturated heterocycles. The van der Waals surface area contributed by atoms with Crippen LogP contribution in [0.15, 0.2) is 18.2 Å². The van der Waals surface area contributed by atoms with Gasteiger partial charge >= 0.3 is 0 Å². The second-order valence-electron chi connectivity index (χ2n) is 5.94. The largest absolute Gasteiger partial charge is 0.497 e. The number of amides is 1. The van der Waals surface area contributed by atoms with E-state index in [9.17, 15) is 4.79 Å². The van der Waals surface area contributed by atoms with Crippen LogP contribution in [0.4, 0.5) is 0 Å². The van der Waals surface area contributed by atoms with Gasteiger partial charge in [-0.2, -0.15) is 0 Å². The zero-order chi connectivity index (χ0) is 16.6. The van der Waals surface area contributed by atoms with Crippen molar-refractivity contribution in [3.05, 3.63) is 23.9 Å². The number of aromatic nitrogens is 1. The van der Waals surface area contributed by atoms with Gasteiger partial charge in [-0.25, -0.2) is 0 Å². The van der Waals surface area contributed by atoms with Crippen LogP contribution in [0.1, 0.15) is 24.3 Å². The topological polar surface area (TPSA) is 63.8 Å². The molecule has 0 bridgehead atoms. The molecule has 2 aromatic rings. The maximum absolute atomic E-state index is 12.8. The van der Waals surface area contributed by atoms with E-state index < -0.39 is 0 Å². The quantitative estimate of drug-likeness (QED) is 0.944. The number of aromatic amines is 1. The van der Waals surface area contributed by atoms with E-state index in [0.717, 1.165) is 10.9 Å². The van der Waals surface area contributed by atoms with Gasteiger partial charge < -0.3 is 24.1 Å². The fourth-order valence-electron chi connectivity index (χ4n) is 3.09. The van der Waals surface area contributed by atoms with Crippen molar-refractivity contribution in [2.24, 2.45) is 0 Å². The number of fused-ring (bicyclic) bond motifs is 1. The Labute approximate surface area is 135 Å². The van der Waals surface area contributed by atoms with Gasteiger partial charge in [-0.15, -0.1) is 0 Å². The van der Waals surface area contributed by atoms with Crippen molar-refractivity contribution in [3.63, 3.8) is 0 Å². The van der Waals surface area contributed by atoms with E-state index in [-0.39, 0.29) is 18.1 Å². The Bertz CT molecular complexity index is 715. The third kappa shape index (κ3) is 2.99. The Morgan fingerprint density at radius 2 is 1.87 bits per heavy atom. The van der Waals surface area contributed by atoms with Gasteiger partial charge in [-0.05, 0) is 26.0 Å². The van der Waals surface area contributed by atoms with Gasteiger partial charge in [-0.1, -0.05) is 0 Å². The summed E-state index contributed by atoms with van der Waals surface area (Å²) < 4.78 is 16.3. The highest BCUT2D eigenvalue weighted by atomic mass is 16.5. The highest BCUT2D eigenvalue weighted by molar-refractivity contribution is 6.00. The molecule has 0 unspecified atom stereocenters. The Morgan fingerprint density at radius 1 is 1.17 bits per heavy atom. The summed E-state index contributed by atoms with van der Waals surface area (Å²) in [7, 11) is 3.21. The zero-order valence-corrected chi connectivity index (χ0v) is 13.9. The second kappa shape index (κ2) is 6.12. The van der Waals surface area contributed by atoms with Crippen LogP contribution in [-0.4, -0.2) is 55.3 Å². The summed E-state index contributed by atoms with van der Waals surface area (Å²) >= 11 is 0. The summed E-state index contributed by atoms with van der Waals surface area (Å²) in [6.45, 7) is 5.15. The third-order valence-electron chi connectivity index (χ3n) is 4.06. The van der Waals surface area contributed by atoms with Gasteiger partial charge in [0.1, 0.15) is 17.2 Å². The Morgan fingerprint density at radius 3 is 2.48 bits per heavy atom. The fourth-order valence-corrected chi connectivity index (χ4v) is 3.09. The third-order valence-corrected chi connectivity index (χ3v) is 4.06. The number of morpholine rings is 1. The average Bonchev–Trinajstić information content (AvgIpc) is 2.96. The van der Waals surface area contributed by atoms with Crippen LogP contribution in [-0.2, 0) is 4.74 Å². The lowest BCUT2D eigenvalue weighted by atomic mass is 10.2. The van der Waals surface area contributed by atoms with Crippen LogP contribution < -0.4 is 9.47 Å². The van der Waals surface area contributed by atoms with Crippen molar-refractivity contribution in [1.29, 1.82) is 0 Å². The molecule has 23 heavy (non-hydrogen) atoms. The molecule has 1 fully saturated rings. The minimum Gasteiger partial charge on any atom is -0.497 e. The molecule has 1 amide bonds. The van der Waals surface area contributed by atoms with E-state index in [2.05, 4.69) is 4.98 Å². The lowest BCUT2D eigenvalue weighted by molar-refractivity contribution is -0.0587. The van der Waals surface area contributed by atoms with Crippen molar-refractivity contribution < 1.29 is 19.0 Å². The van der Waals surface area contributed by atoms with Gasteiger partial charge in [0, 0.05) is 24.5 Å². The van der Waals surface area contributed by atoms with E-state index in [1.165, 1.54) is 0 Å². The van der Waals surface area contributed by atoms with Gasteiger partial charge in [-0.3, -0.25) is 4.79 Å². The normalized spacial score (nSPS) is 21.5. The van der Waals surface area contributed by atoms with Crippen molar-refractivity contribution in [1.82, 2.24) is 9.88 Å². The number of nitrogens with zero attached hydrogens (tertiary/aromatic N) is 1. The predicted octanol–water partition coefficient (Wildman–Crippen LogP) is 2.43. The van der Waals surface area contributed by atoms with Gasteiger partial charge in [0.05, 0.1) is 31.9 Å². The average molecular weight is 318 g/mol. The van der Waals surface area contributed by atoms with Crippen molar-refractivity contribution >= 4 is 16.8 Å². The molecule has 1 aromatic heterocycles. The van der Waals surface area contributed by atoms with Crippen LogP contribution in [0.3, 0.4) is 0 Å². The lowest BCUT2D eigenvalue weighted by Crippen LogP contribution is -2.48. The second-order valence-corrected chi connectivity index (χ2v) is 5.94. The number of rotatable bonds is 3. The van der Waals surface area contributed by atoms with E-state index in [4.69, 9.17) is 14.2 Å². The van der Waals surface area contributed by atoms with Crippen LogP contribution in [0.2, 0.25) is 0 Å². The molecule has 1 aliphatic heterocycles. The highest BCUT2D eigenvalue weighted by Gasteiger charge is 2.27. The van der Waals surface area contributed by atoms with Crippen LogP contribution >= 0.6 is 0 Å². The Hall–Kier alpha value is -2.21. The van der Waals surface area contributed by atoms with Gasteiger partial charge in [0.2, 0.25) is 0 Å². The summed E-state index contributed by atoms with van der Waals surface area (Å²) in [4.78, 5) is 17.8. The van der Waals surface area contributed by atoms with Crippen molar-refractivity contribution in [2.45, 2.75) is 26.1 Å². The molecule has 0 spiro atoms. The maximum Gasteiger partial charge on any atom is 0.270 e. The molecule has 2 heterocycles. The van der Waals surface area contributed by atoms with Crippen molar-refractivity contribution in [3.8, 4) is 11.5 Å². The molecule has 0 saturated carbocycles. The standard InChI is InChI=1S/C17H22N2O4/c1-10-8-19(9-11(2)23-10)17(20)14-6-12-5-13(21-3)7-15(22-4)16(12)18-14/h5-7,10-11,18H,8-9H2,1-4H3/t10-,11+. The number of hydrogen-bond acceptors (Lipinski definition) is 4. The number of carbonyl (C=O) groups is 1. The summed E-state index contributed by atoms with van der Waals surface area (Å²) in [5.41, 5.74) is 1.35. The highest BCUT2D eigenvalue weighted by Crippen LogP contribution is 2.31. The maximum atomic E-state index is 12.8. The summed E-state index contributed by atoms with van der Waals surface area (Å²) in [5, 5.41) is 0.888. The monoisotopic (exact) mass is 318 g/mol. The van der Waals surface area contributed by atoms with E-state index in [1.54, 1.807) is 20.3 Å². The smallest absolute Gasteiger partial charge is 0.270 e. The molecule has 3 rings (SSSR count). The van der Waals surface area contributed by atoms with E-state index >= 15 is 0 Å². The molecular weight excluding hydrogens is 296 g/mol. The van der Waals surface area contributed by atoms with Crippen molar-refractivity contribution in [2.75, 3.05) is 27.3 Å². The van der Waals surface area contributed by atoms with Crippen LogP contribution in [0.5, 0.6) is 11.5 Å². The van der Waals surface area contributed by atoms with E-state index in [1.807, 2.05) is 30.9 Å². The number of carbonyl (C=O) groups excluding carboxylic acids is 1. The number of methoxy groups -OCH3 is 2. The molecule has 1 N–H and O–H groups in total. The molecule has 6 nitrogen and oxygen atoms in total. The molecular formula is C17H22N2O4. The van der Waals surface area contributed by atoms with Gasteiger partial charge in [0.25, 0.3) is 5.91 Å². The molecule has 6 heteroatoms. The molecule has 1 aliphatic rings. The van der Waals surface area contributed by atoms with E-state index in [0.29, 0.717) is 30.3 Å². The van der Waals surface area contributed by atoms with Crippen LogP contribution in [0.25, 0.3) is 10.9 Å². The predicted molar refractivity (Wildman–Crippen MR) is 87.3 cm³/mol. The number of benzene rings is 1. The zero-order valence-electron chi connectivity index (χ0n) is 13.9. The first kappa shape index (κ1) is 15.7. The first-order chi connectivity index (χ1) is 11.0. The molecule has 0 radical (unpaired) electrons. The molecule has 124 valence electrons. The molecule has 2 atom stereocenters. The summed E-state index contributed by atoms with van der Waals surface area (Å²) in [6, 6.07) is 5.52. The van der Waals surface area contributed by atoms with Gasteiger partial charge in [0.15, 0.2) is 0 Å². The molecule has 1 aromatic carbocycles. The Balaban J connectivity index is 1.95. The molecule has 0 aliphatic carbocycles. The summed E-state index contributed by atoms with van der Waals surface area (Å²) in [5.74, 6) is 1.33. The number of nitrogens with one attached hydrogen (secondary N) is 1. The first-order valence-electron chi connectivity index (χ1n) is 7.71. The number of ether oxygens (including phenoxy) is 3. The SMILES string of the molecule is COc1cc(OC)c2[nH]c(C(=O)N3C[C@@H](C)O[C@@H](C)C3)cc2c1. The summed E-state index contributed by atoms with van der Waals surface area (Å²) in [6.07, 6.45) is 0.0865. The minimum atomic E-state index is -0.0239. The first-order valence-corrected chi connectivity index (χ1v) is 7.71. The fraction of sp³-hybridized carbons (Fsp3) is 0.471. The number of H-pyrrole nitrogens is 1. The number of hydrogen-bond donors (Lipinski definition) is 1. The van der Waals surface area contributed by atoms with Crippen LogP contribution in [0, 0.1) is 0 Å². The Kier molecular flexibility index (Phi) is 4.17. The lowest BCUT2D eigenvalue weighted by Gasteiger charge is -2.35. The minimum absolute atomic E-state index is 0.0239.